The third-order valence-corrected chi connectivity index (χ3v) is 3.41. The topological polar surface area (TPSA) is 62.6 Å². The smallest absolute Gasteiger partial charge is 0.254 e. The minimum atomic E-state index is -0.941. The summed E-state index contributed by atoms with van der Waals surface area (Å²) < 4.78 is 31.7. The Morgan fingerprint density at radius 2 is 1.96 bits per heavy atom. The number of carbonyl (C=O) groups is 2. The van der Waals surface area contributed by atoms with Gasteiger partial charge in [-0.05, 0) is 31.2 Å². The van der Waals surface area contributed by atoms with Gasteiger partial charge in [-0.1, -0.05) is 0 Å². The molecule has 0 bridgehead atoms. The first kappa shape index (κ1) is 17.7. The molecule has 128 valence electrons. The highest BCUT2D eigenvalue weighted by molar-refractivity contribution is 5.94. The zero-order chi connectivity index (χ0) is 17.7. The normalized spacial score (nSPS) is 10.5. The number of furan rings is 1. The summed E-state index contributed by atoms with van der Waals surface area (Å²) in [6, 6.07) is 6.30. The fourth-order valence-corrected chi connectivity index (χ4v) is 2.13. The van der Waals surface area contributed by atoms with Crippen molar-refractivity contribution in [3.8, 4) is 0 Å². The van der Waals surface area contributed by atoms with Crippen LogP contribution in [-0.4, -0.2) is 30.3 Å². The van der Waals surface area contributed by atoms with E-state index in [1.54, 1.807) is 13.1 Å². The van der Waals surface area contributed by atoms with E-state index in [0.717, 1.165) is 17.9 Å². The zero-order valence-corrected chi connectivity index (χ0v) is 13.4. The predicted octanol–water partition coefficient (Wildman–Crippen LogP) is 2.64. The molecule has 2 amide bonds. The second-order valence-electron chi connectivity index (χ2n) is 5.39. The van der Waals surface area contributed by atoms with E-state index in [1.165, 1.54) is 4.90 Å². The SMILES string of the molecule is Cc1ccc(CN(C)C(=O)CCNC(=O)c2ccc(F)cc2F)o1. The average molecular weight is 336 g/mol. The van der Waals surface area contributed by atoms with Crippen LogP contribution >= 0.6 is 0 Å². The number of carbonyl (C=O) groups excluding carboxylic acids is 2. The second-order valence-corrected chi connectivity index (χ2v) is 5.39. The van der Waals surface area contributed by atoms with Crippen molar-refractivity contribution in [2.75, 3.05) is 13.6 Å². The van der Waals surface area contributed by atoms with Crippen LogP contribution in [0.25, 0.3) is 0 Å². The molecule has 1 heterocycles. The number of halogens is 2. The van der Waals surface area contributed by atoms with Gasteiger partial charge in [0.2, 0.25) is 5.91 Å². The molecule has 1 aromatic carbocycles. The van der Waals surface area contributed by atoms with E-state index in [-0.39, 0.29) is 24.4 Å². The molecule has 7 heteroatoms. The van der Waals surface area contributed by atoms with E-state index >= 15 is 0 Å². The van der Waals surface area contributed by atoms with Gasteiger partial charge in [-0.3, -0.25) is 9.59 Å². The van der Waals surface area contributed by atoms with Crippen LogP contribution in [0.4, 0.5) is 8.78 Å². The van der Waals surface area contributed by atoms with Crippen LogP contribution < -0.4 is 5.32 Å². The number of hydrogen-bond acceptors (Lipinski definition) is 3. The molecule has 2 rings (SSSR count). The van der Waals surface area contributed by atoms with Gasteiger partial charge in [0, 0.05) is 26.1 Å². The van der Waals surface area contributed by atoms with Crippen LogP contribution in [0.2, 0.25) is 0 Å². The fraction of sp³-hybridized carbons (Fsp3) is 0.294. The summed E-state index contributed by atoms with van der Waals surface area (Å²) >= 11 is 0. The van der Waals surface area contributed by atoms with Crippen molar-refractivity contribution in [3.05, 3.63) is 59.1 Å². The van der Waals surface area contributed by atoms with E-state index in [9.17, 15) is 18.4 Å². The Kier molecular flexibility index (Phi) is 5.68. The Labute approximate surface area is 138 Å². The maximum absolute atomic E-state index is 13.5. The molecular formula is C17H18F2N2O3. The number of benzene rings is 1. The summed E-state index contributed by atoms with van der Waals surface area (Å²) in [5, 5.41) is 2.44. The van der Waals surface area contributed by atoms with Crippen LogP contribution in [0.1, 0.15) is 28.3 Å². The van der Waals surface area contributed by atoms with E-state index in [2.05, 4.69) is 5.32 Å². The van der Waals surface area contributed by atoms with Gasteiger partial charge >= 0.3 is 0 Å². The summed E-state index contributed by atoms with van der Waals surface area (Å²) in [4.78, 5) is 25.3. The van der Waals surface area contributed by atoms with Crippen LogP contribution in [0.5, 0.6) is 0 Å². The molecule has 0 aliphatic rings. The first-order valence-electron chi connectivity index (χ1n) is 7.39. The van der Waals surface area contributed by atoms with E-state index in [1.807, 2.05) is 13.0 Å². The van der Waals surface area contributed by atoms with Crippen molar-refractivity contribution < 1.29 is 22.8 Å². The Bertz CT molecular complexity index is 743. The summed E-state index contributed by atoms with van der Waals surface area (Å²) in [5.41, 5.74) is -0.261. The summed E-state index contributed by atoms with van der Waals surface area (Å²) in [6.07, 6.45) is 0.0603. The molecule has 2 aromatic rings. The van der Waals surface area contributed by atoms with Crippen molar-refractivity contribution >= 4 is 11.8 Å². The van der Waals surface area contributed by atoms with Crippen molar-refractivity contribution in [1.82, 2.24) is 10.2 Å². The molecule has 0 spiro atoms. The number of rotatable bonds is 6. The molecule has 0 radical (unpaired) electrons. The molecule has 0 saturated carbocycles. The van der Waals surface area contributed by atoms with Crippen LogP contribution in [-0.2, 0) is 11.3 Å². The molecular weight excluding hydrogens is 318 g/mol. The third-order valence-electron chi connectivity index (χ3n) is 3.41. The molecule has 1 N–H and O–H groups in total. The first-order valence-corrected chi connectivity index (χ1v) is 7.39. The largest absolute Gasteiger partial charge is 0.464 e. The van der Waals surface area contributed by atoms with Gasteiger partial charge < -0.3 is 14.6 Å². The minimum Gasteiger partial charge on any atom is -0.464 e. The van der Waals surface area contributed by atoms with Crippen molar-refractivity contribution in [2.24, 2.45) is 0 Å². The quantitative estimate of drug-likeness (QED) is 0.882. The lowest BCUT2D eigenvalue weighted by atomic mass is 10.2. The Hall–Kier alpha value is -2.70. The molecule has 24 heavy (non-hydrogen) atoms. The minimum absolute atomic E-state index is 0.0516. The van der Waals surface area contributed by atoms with Gasteiger partial charge in [-0.15, -0.1) is 0 Å². The van der Waals surface area contributed by atoms with Gasteiger partial charge in [0.1, 0.15) is 23.2 Å². The number of nitrogens with zero attached hydrogens (tertiary/aromatic N) is 1. The Balaban J connectivity index is 1.80. The van der Waals surface area contributed by atoms with Gasteiger partial charge in [-0.2, -0.15) is 0 Å². The van der Waals surface area contributed by atoms with E-state index in [0.29, 0.717) is 18.4 Å². The summed E-state index contributed by atoms with van der Waals surface area (Å²) in [7, 11) is 1.63. The van der Waals surface area contributed by atoms with Crippen molar-refractivity contribution in [2.45, 2.75) is 19.9 Å². The molecule has 0 aliphatic carbocycles. The first-order chi connectivity index (χ1) is 11.4. The second kappa shape index (κ2) is 7.72. The highest BCUT2D eigenvalue weighted by Gasteiger charge is 2.14. The standard InChI is InChI=1S/C17H18F2N2O3/c1-11-3-5-13(24-11)10-21(2)16(22)7-8-20-17(23)14-6-4-12(18)9-15(14)19/h3-6,9H,7-8,10H2,1-2H3,(H,20,23). The molecule has 0 saturated heterocycles. The summed E-state index contributed by atoms with van der Waals surface area (Å²) in [6.45, 7) is 2.19. The van der Waals surface area contributed by atoms with E-state index in [4.69, 9.17) is 4.42 Å². The number of hydrogen-bond donors (Lipinski definition) is 1. The molecule has 0 atom stereocenters. The van der Waals surface area contributed by atoms with Crippen LogP contribution in [0.3, 0.4) is 0 Å². The number of aryl methyl sites for hydroxylation is 1. The average Bonchev–Trinajstić information content (AvgIpc) is 2.91. The molecule has 5 nitrogen and oxygen atoms in total. The molecule has 0 aliphatic heterocycles. The fourth-order valence-electron chi connectivity index (χ4n) is 2.13. The van der Waals surface area contributed by atoms with Gasteiger partial charge in [-0.25, -0.2) is 8.78 Å². The van der Waals surface area contributed by atoms with Crippen molar-refractivity contribution in [3.63, 3.8) is 0 Å². The number of nitrogens with one attached hydrogen (secondary N) is 1. The lowest BCUT2D eigenvalue weighted by molar-refractivity contribution is -0.130. The van der Waals surface area contributed by atoms with Gasteiger partial charge in [0.05, 0.1) is 12.1 Å². The zero-order valence-electron chi connectivity index (χ0n) is 13.4. The molecule has 0 fully saturated rings. The highest BCUT2D eigenvalue weighted by Crippen LogP contribution is 2.10. The maximum atomic E-state index is 13.5. The van der Waals surface area contributed by atoms with Gasteiger partial charge in [0.25, 0.3) is 5.91 Å². The lowest BCUT2D eigenvalue weighted by Crippen LogP contribution is -2.32. The Morgan fingerprint density at radius 3 is 2.58 bits per heavy atom. The number of amides is 2. The highest BCUT2D eigenvalue weighted by atomic mass is 19.1. The maximum Gasteiger partial charge on any atom is 0.254 e. The third kappa shape index (κ3) is 4.65. The molecule has 0 unspecified atom stereocenters. The monoisotopic (exact) mass is 336 g/mol. The van der Waals surface area contributed by atoms with Crippen molar-refractivity contribution in [1.29, 1.82) is 0 Å². The van der Waals surface area contributed by atoms with Crippen LogP contribution in [0.15, 0.2) is 34.7 Å². The lowest BCUT2D eigenvalue weighted by Gasteiger charge is -2.16. The van der Waals surface area contributed by atoms with E-state index < -0.39 is 17.5 Å². The van der Waals surface area contributed by atoms with Gasteiger partial charge in [0.15, 0.2) is 0 Å². The molecule has 1 aromatic heterocycles. The Morgan fingerprint density at radius 1 is 1.21 bits per heavy atom. The predicted molar refractivity (Wildman–Crippen MR) is 83.2 cm³/mol. The summed E-state index contributed by atoms with van der Waals surface area (Å²) in [5.74, 6) is -1.15. The van der Waals surface area contributed by atoms with Crippen LogP contribution in [0, 0.1) is 18.6 Å².